The van der Waals surface area contributed by atoms with E-state index in [2.05, 4.69) is 30.2 Å². The van der Waals surface area contributed by atoms with Gasteiger partial charge in [0.15, 0.2) is 0 Å². The molecule has 0 aliphatic heterocycles. The highest BCUT2D eigenvalue weighted by molar-refractivity contribution is 5.26. The van der Waals surface area contributed by atoms with Crippen molar-refractivity contribution in [2.24, 2.45) is 5.92 Å². The zero-order chi connectivity index (χ0) is 14.1. The third-order valence-corrected chi connectivity index (χ3v) is 3.64. The van der Waals surface area contributed by atoms with E-state index in [1.807, 2.05) is 20.2 Å². The number of pyridine rings is 1. The molecule has 0 amide bonds. The van der Waals surface area contributed by atoms with E-state index in [4.69, 9.17) is 4.74 Å². The number of rotatable bonds is 9. The smallest absolute Gasteiger partial charge is 0.137 e. The molecule has 0 spiro atoms. The molecule has 2 atom stereocenters. The molecule has 1 rings (SSSR count). The summed E-state index contributed by atoms with van der Waals surface area (Å²) in [6, 6.07) is 2.48. The highest BCUT2D eigenvalue weighted by Crippen LogP contribution is 2.29. The van der Waals surface area contributed by atoms with Crippen LogP contribution in [0.25, 0.3) is 0 Å². The van der Waals surface area contributed by atoms with Crippen molar-refractivity contribution in [1.29, 1.82) is 0 Å². The first-order valence-electron chi connectivity index (χ1n) is 7.51. The van der Waals surface area contributed by atoms with Crippen LogP contribution in [0.5, 0.6) is 5.75 Å². The fourth-order valence-electron chi connectivity index (χ4n) is 2.60. The summed E-state index contributed by atoms with van der Waals surface area (Å²) in [6.45, 7) is 7.20. The van der Waals surface area contributed by atoms with Gasteiger partial charge in [0.1, 0.15) is 5.75 Å². The number of unbranched alkanes of at least 4 members (excludes halogenated alkanes) is 1. The molecule has 0 aliphatic rings. The molecule has 19 heavy (non-hydrogen) atoms. The molecule has 0 saturated heterocycles. The van der Waals surface area contributed by atoms with Gasteiger partial charge < -0.3 is 10.1 Å². The Morgan fingerprint density at radius 1 is 1.26 bits per heavy atom. The van der Waals surface area contributed by atoms with Crippen LogP contribution in [0, 0.1) is 5.92 Å². The Morgan fingerprint density at radius 3 is 2.63 bits per heavy atom. The molecule has 3 heteroatoms. The predicted octanol–water partition coefficient (Wildman–Crippen LogP) is 3.96. The minimum atomic E-state index is 0.365. The van der Waals surface area contributed by atoms with Gasteiger partial charge in [-0.05, 0) is 37.9 Å². The van der Waals surface area contributed by atoms with Gasteiger partial charge in [-0.15, -0.1) is 0 Å². The fourth-order valence-corrected chi connectivity index (χ4v) is 2.60. The minimum Gasteiger partial charge on any atom is -0.492 e. The van der Waals surface area contributed by atoms with Gasteiger partial charge in [0, 0.05) is 12.2 Å². The zero-order valence-electron chi connectivity index (χ0n) is 12.8. The Bertz CT molecular complexity index is 354. The molecule has 2 unspecified atom stereocenters. The Hall–Kier alpha value is -1.09. The van der Waals surface area contributed by atoms with Crippen LogP contribution in [0.15, 0.2) is 18.5 Å². The van der Waals surface area contributed by atoms with E-state index in [-0.39, 0.29) is 0 Å². The summed E-state index contributed by atoms with van der Waals surface area (Å²) < 4.78 is 5.55. The van der Waals surface area contributed by atoms with Crippen molar-refractivity contribution in [3.05, 3.63) is 24.0 Å². The van der Waals surface area contributed by atoms with Crippen molar-refractivity contribution in [2.45, 2.75) is 52.5 Å². The molecular formula is C16H28N2O. The van der Waals surface area contributed by atoms with E-state index in [1.54, 1.807) is 6.20 Å². The second-order valence-electron chi connectivity index (χ2n) is 4.96. The first kappa shape index (κ1) is 16.0. The third-order valence-electron chi connectivity index (χ3n) is 3.64. The quantitative estimate of drug-likeness (QED) is 0.733. The van der Waals surface area contributed by atoms with Crippen LogP contribution >= 0.6 is 0 Å². The fraction of sp³-hybridized carbons (Fsp3) is 0.688. The second kappa shape index (κ2) is 8.92. The molecule has 1 aromatic rings. The maximum Gasteiger partial charge on any atom is 0.137 e. The molecule has 0 fully saturated rings. The van der Waals surface area contributed by atoms with E-state index in [1.165, 1.54) is 31.2 Å². The molecule has 1 heterocycles. The standard InChI is InChI=1S/C16H28N2O/c1-5-8-9-13(6-2)16(17-4)14-10-15(19-7-3)12-18-11-14/h10-13,16-17H,5-9H2,1-4H3. The van der Waals surface area contributed by atoms with Crippen LogP contribution in [0.3, 0.4) is 0 Å². The number of hydrogen-bond acceptors (Lipinski definition) is 3. The summed E-state index contributed by atoms with van der Waals surface area (Å²) in [5.74, 6) is 1.52. The minimum absolute atomic E-state index is 0.365. The third kappa shape index (κ3) is 4.83. The Kier molecular flexibility index (Phi) is 7.49. The summed E-state index contributed by atoms with van der Waals surface area (Å²) in [5.41, 5.74) is 1.23. The number of hydrogen-bond donors (Lipinski definition) is 1. The lowest BCUT2D eigenvalue weighted by Crippen LogP contribution is -2.25. The Balaban J connectivity index is 2.84. The summed E-state index contributed by atoms with van der Waals surface area (Å²) >= 11 is 0. The Labute approximate surface area is 117 Å². The number of nitrogens with zero attached hydrogens (tertiary/aromatic N) is 1. The van der Waals surface area contributed by atoms with E-state index in [0.717, 1.165) is 5.75 Å². The van der Waals surface area contributed by atoms with E-state index >= 15 is 0 Å². The molecule has 0 radical (unpaired) electrons. The van der Waals surface area contributed by atoms with E-state index in [0.29, 0.717) is 18.6 Å². The van der Waals surface area contributed by atoms with Gasteiger partial charge in [0.2, 0.25) is 0 Å². The molecule has 0 aliphatic carbocycles. The van der Waals surface area contributed by atoms with Crippen LogP contribution in [0.4, 0.5) is 0 Å². The van der Waals surface area contributed by atoms with Gasteiger partial charge in [-0.3, -0.25) is 4.98 Å². The molecule has 0 aromatic carbocycles. The maximum atomic E-state index is 5.55. The van der Waals surface area contributed by atoms with Gasteiger partial charge in [-0.25, -0.2) is 0 Å². The van der Waals surface area contributed by atoms with Crippen LogP contribution in [0.1, 0.15) is 58.1 Å². The van der Waals surface area contributed by atoms with E-state index < -0.39 is 0 Å². The van der Waals surface area contributed by atoms with Crippen molar-refractivity contribution in [1.82, 2.24) is 10.3 Å². The topological polar surface area (TPSA) is 34.2 Å². The Morgan fingerprint density at radius 2 is 2.05 bits per heavy atom. The normalized spacial score (nSPS) is 14.1. The summed E-state index contributed by atoms with van der Waals surface area (Å²) in [5, 5.41) is 3.45. The van der Waals surface area contributed by atoms with Crippen molar-refractivity contribution >= 4 is 0 Å². The predicted molar refractivity (Wildman–Crippen MR) is 80.5 cm³/mol. The molecule has 108 valence electrons. The first-order valence-corrected chi connectivity index (χ1v) is 7.51. The molecular weight excluding hydrogens is 236 g/mol. The van der Waals surface area contributed by atoms with Crippen molar-refractivity contribution in [3.63, 3.8) is 0 Å². The second-order valence-corrected chi connectivity index (χ2v) is 4.96. The lowest BCUT2D eigenvalue weighted by atomic mass is 9.87. The van der Waals surface area contributed by atoms with Gasteiger partial charge in [0.05, 0.1) is 12.8 Å². The van der Waals surface area contributed by atoms with Gasteiger partial charge >= 0.3 is 0 Å². The largest absolute Gasteiger partial charge is 0.492 e. The van der Waals surface area contributed by atoms with Gasteiger partial charge in [0.25, 0.3) is 0 Å². The summed E-state index contributed by atoms with van der Waals surface area (Å²) in [7, 11) is 2.03. The first-order chi connectivity index (χ1) is 9.26. The van der Waals surface area contributed by atoms with Crippen molar-refractivity contribution in [2.75, 3.05) is 13.7 Å². The molecule has 1 aromatic heterocycles. The monoisotopic (exact) mass is 264 g/mol. The number of nitrogens with one attached hydrogen (secondary N) is 1. The van der Waals surface area contributed by atoms with Crippen LogP contribution in [0.2, 0.25) is 0 Å². The summed E-state index contributed by atoms with van der Waals surface area (Å²) in [4.78, 5) is 4.30. The van der Waals surface area contributed by atoms with E-state index in [9.17, 15) is 0 Å². The molecule has 0 saturated carbocycles. The molecule has 1 N–H and O–H groups in total. The van der Waals surface area contributed by atoms with Crippen LogP contribution < -0.4 is 10.1 Å². The number of aromatic nitrogens is 1. The number of ether oxygens (including phenoxy) is 1. The summed E-state index contributed by atoms with van der Waals surface area (Å²) in [6.07, 6.45) is 8.73. The van der Waals surface area contributed by atoms with Crippen molar-refractivity contribution < 1.29 is 4.74 Å². The van der Waals surface area contributed by atoms with Crippen molar-refractivity contribution in [3.8, 4) is 5.75 Å². The van der Waals surface area contributed by atoms with Crippen LogP contribution in [-0.2, 0) is 0 Å². The average molecular weight is 264 g/mol. The maximum absolute atomic E-state index is 5.55. The molecule has 3 nitrogen and oxygen atoms in total. The lowest BCUT2D eigenvalue weighted by molar-refractivity contribution is 0.326. The highest BCUT2D eigenvalue weighted by atomic mass is 16.5. The molecule has 0 bridgehead atoms. The highest BCUT2D eigenvalue weighted by Gasteiger charge is 2.20. The van der Waals surface area contributed by atoms with Gasteiger partial charge in [-0.2, -0.15) is 0 Å². The van der Waals surface area contributed by atoms with Gasteiger partial charge in [-0.1, -0.05) is 33.1 Å². The lowest BCUT2D eigenvalue weighted by Gasteiger charge is -2.26. The average Bonchev–Trinajstić information content (AvgIpc) is 2.44. The zero-order valence-corrected chi connectivity index (χ0v) is 12.8. The van der Waals surface area contributed by atoms with Crippen LogP contribution in [-0.4, -0.2) is 18.6 Å². The SMILES string of the molecule is CCCCC(CC)C(NC)c1cncc(OCC)c1.